The summed E-state index contributed by atoms with van der Waals surface area (Å²) in [6.07, 6.45) is 0.799. The van der Waals surface area contributed by atoms with E-state index in [4.69, 9.17) is 5.11 Å². The van der Waals surface area contributed by atoms with E-state index >= 15 is 0 Å². The van der Waals surface area contributed by atoms with Gasteiger partial charge >= 0.3 is 5.97 Å². The second kappa shape index (κ2) is 4.16. The molecule has 11 heavy (non-hydrogen) atoms. The average Bonchev–Trinajstić information content (AvgIpc) is 1.84. The molecule has 0 saturated heterocycles. The molecule has 0 saturated carbocycles. The van der Waals surface area contributed by atoms with Crippen molar-refractivity contribution in [3.05, 3.63) is 12.2 Å². The van der Waals surface area contributed by atoms with Crippen LogP contribution in [0.2, 0.25) is 0 Å². The molecule has 64 valence electrons. The number of rotatable bonds is 4. The number of carboxylic acid groups (broad SMARTS) is 1. The molecular formula is C9H16O2. The largest absolute Gasteiger partial charge is 0.481 e. The zero-order valence-electron chi connectivity index (χ0n) is 7.42. The lowest BCUT2D eigenvalue weighted by atomic mass is 9.91. The van der Waals surface area contributed by atoms with Crippen LogP contribution in [0.3, 0.4) is 0 Å². The van der Waals surface area contributed by atoms with E-state index < -0.39 is 5.97 Å². The maximum absolute atomic E-state index is 10.5. The second-order valence-electron chi connectivity index (χ2n) is 3.27. The first-order chi connectivity index (χ1) is 4.95. The fourth-order valence-electron chi connectivity index (χ4n) is 0.970. The lowest BCUT2D eigenvalue weighted by molar-refractivity contribution is -0.142. The van der Waals surface area contributed by atoms with E-state index in [1.165, 1.54) is 0 Å². The van der Waals surface area contributed by atoms with Crippen molar-refractivity contribution in [1.29, 1.82) is 0 Å². The van der Waals surface area contributed by atoms with Gasteiger partial charge in [0.25, 0.3) is 0 Å². The van der Waals surface area contributed by atoms with Crippen molar-refractivity contribution in [2.45, 2.75) is 27.2 Å². The number of hydrogen-bond donors (Lipinski definition) is 1. The van der Waals surface area contributed by atoms with Crippen molar-refractivity contribution in [2.75, 3.05) is 0 Å². The number of hydrogen-bond acceptors (Lipinski definition) is 1. The number of carboxylic acids is 1. The van der Waals surface area contributed by atoms with Gasteiger partial charge in [-0.2, -0.15) is 0 Å². The van der Waals surface area contributed by atoms with Crippen molar-refractivity contribution in [3.8, 4) is 0 Å². The minimum Gasteiger partial charge on any atom is -0.481 e. The molecule has 2 nitrogen and oxygen atoms in total. The van der Waals surface area contributed by atoms with Crippen LogP contribution in [0.1, 0.15) is 27.2 Å². The van der Waals surface area contributed by atoms with Crippen molar-refractivity contribution in [1.82, 2.24) is 0 Å². The summed E-state index contributed by atoms with van der Waals surface area (Å²) in [5.74, 6) is -0.810. The van der Waals surface area contributed by atoms with Crippen LogP contribution in [0, 0.1) is 11.8 Å². The SMILES string of the molecule is C=C(C)CC(C)C(C)C(=O)O. The van der Waals surface area contributed by atoms with Gasteiger partial charge in [-0.05, 0) is 19.3 Å². The van der Waals surface area contributed by atoms with Gasteiger partial charge in [-0.15, -0.1) is 6.58 Å². The van der Waals surface area contributed by atoms with Crippen molar-refractivity contribution >= 4 is 5.97 Å². The average molecular weight is 156 g/mol. The highest BCUT2D eigenvalue weighted by Gasteiger charge is 2.18. The Morgan fingerprint density at radius 3 is 2.27 bits per heavy atom. The fourth-order valence-corrected chi connectivity index (χ4v) is 0.970. The summed E-state index contributed by atoms with van der Waals surface area (Å²) < 4.78 is 0. The third kappa shape index (κ3) is 3.81. The minimum atomic E-state index is -0.723. The highest BCUT2D eigenvalue weighted by atomic mass is 16.4. The first kappa shape index (κ1) is 10.2. The van der Waals surface area contributed by atoms with Crippen LogP contribution in [0.25, 0.3) is 0 Å². The number of carbonyl (C=O) groups is 1. The molecule has 0 amide bonds. The van der Waals surface area contributed by atoms with Crippen molar-refractivity contribution < 1.29 is 9.90 Å². The summed E-state index contributed by atoms with van der Waals surface area (Å²) >= 11 is 0. The van der Waals surface area contributed by atoms with E-state index in [-0.39, 0.29) is 11.8 Å². The molecule has 0 rings (SSSR count). The van der Waals surface area contributed by atoms with Gasteiger partial charge in [-0.3, -0.25) is 4.79 Å². The van der Waals surface area contributed by atoms with E-state index in [0.29, 0.717) is 0 Å². The summed E-state index contributed by atoms with van der Waals surface area (Å²) in [5.41, 5.74) is 1.05. The quantitative estimate of drug-likeness (QED) is 0.634. The first-order valence-corrected chi connectivity index (χ1v) is 3.82. The normalized spacial score (nSPS) is 15.5. The van der Waals surface area contributed by atoms with Crippen molar-refractivity contribution in [2.24, 2.45) is 11.8 Å². The zero-order chi connectivity index (χ0) is 9.02. The van der Waals surface area contributed by atoms with Crippen LogP contribution < -0.4 is 0 Å². The number of aliphatic carboxylic acids is 1. The molecule has 0 aromatic heterocycles. The Hall–Kier alpha value is -0.790. The molecule has 0 radical (unpaired) electrons. The first-order valence-electron chi connectivity index (χ1n) is 3.82. The molecule has 0 aliphatic rings. The van der Waals surface area contributed by atoms with Gasteiger partial charge < -0.3 is 5.11 Å². The van der Waals surface area contributed by atoms with Gasteiger partial charge in [-0.1, -0.05) is 19.4 Å². The Labute approximate surface area is 67.9 Å². The van der Waals surface area contributed by atoms with E-state index in [0.717, 1.165) is 12.0 Å². The molecule has 0 aromatic rings. The molecule has 0 aliphatic heterocycles. The molecular weight excluding hydrogens is 140 g/mol. The Bertz CT molecular complexity index is 161. The molecule has 0 aromatic carbocycles. The standard InChI is InChI=1S/C9H16O2/c1-6(2)5-7(3)8(4)9(10)11/h7-8H,1,5H2,2-4H3,(H,10,11). The Morgan fingerprint density at radius 1 is 1.55 bits per heavy atom. The van der Waals surface area contributed by atoms with Crippen LogP contribution in [0.5, 0.6) is 0 Å². The molecule has 1 N–H and O–H groups in total. The van der Waals surface area contributed by atoms with Gasteiger partial charge in [0.05, 0.1) is 5.92 Å². The van der Waals surface area contributed by atoms with Gasteiger partial charge in [0, 0.05) is 0 Å². The van der Waals surface area contributed by atoms with Gasteiger partial charge in [-0.25, -0.2) is 0 Å². The van der Waals surface area contributed by atoms with E-state index in [2.05, 4.69) is 6.58 Å². The lowest BCUT2D eigenvalue weighted by Gasteiger charge is -2.15. The van der Waals surface area contributed by atoms with E-state index in [1.807, 2.05) is 13.8 Å². The summed E-state index contributed by atoms with van der Waals surface area (Å²) in [6, 6.07) is 0. The van der Waals surface area contributed by atoms with E-state index in [1.54, 1.807) is 6.92 Å². The second-order valence-corrected chi connectivity index (χ2v) is 3.27. The maximum Gasteiger partial charge on any atom is 0.306 e. The Kier molecular flexibility index (Phi) is 3.86. The maximum atomic E-state index is 10.5. The molecule has 2 heteroatoms. The summed E-state index contributed by atoms with van der Waals surface area (Å²) in [6.45, 7) is 9.34. The molecule has 0 spiro atoms. The molecule has 0 heterocycles. The fraction of sp³-hybridized carbons (Fsp3) is 0.667. The summed E-state index contributed by atoms with van der Waals surface area (Å²) in [7, 11) is 0. The third-order valence-electron chi connectivity index (χ3n) is 1.91. The Morgan fingerprint density at radius 2 is 2.00 bits per heavy atom. The van der Waals surface area contributed by atoms with Crippen LogP contribution in [0.4, 0.5) is 0 Å². The summed E-state index contributed by atoms with van der Waals surface area (Å²) in [4.78, 5) is 10.5. The molecule has 0 fully saturated rings. The zero-order valence-corrected chi connectivity index (χ0v) is 7.42. The van der Waals surface area contributed by atoms with E-state index in [9.17, 15) is 4.79 Å². The molecule has 2 unspecified atom stereocenters. The monoisotopic (exact) mass is 156 g/mol. The molecule has 0 aliphatic carbocycles. The van der Waals surface area contributed by atoms with Crippen LogP contribution in [-0.4, -0.2) is 11.1 Å². The van der Waals surface area contributed by atoms with Crippen LogP contribution in [0.15, 0.2) is 12.2 Å². The topological polar surface area (TPSA) is 37.3 Å². The predicted molar refractivity (Wildman–Crippen MR) is 45.4 cm³/mol. The van der Waals surface area contributed by atoms with Crippen LogP contribution >= 0.6 is 0 Å². The smallest absolute Gasteiger partial charge is 0.306 e. The molecule has 0 bridgehead atoms. The summed E-state index contributed by atoms with van der Waals surface area (Å²) in [5, 5.41) is 8.64. The number of allylic oxidation sites excluding steroid dienone is 1. The van der Waals surface area contributed by atoms with Gasteiger partial charge in [0.2, 0.25) is 0 Å². The van der Waals surface area contributed by atoms with Crippen LogP contribution in [-0.2, 0) is 4.79 Å². The van der Waals surface area contributed by atoms with Crippen molar-refractivity contribution in [3.63, 3.8) is 0 Å². The van der Waals surface area contributed by atoms with Gasteiger partial charge in [0.15, 0.2) is 0 Å². The van der Waals surface area contributed by atoms with Gasteiger partial charge in [0.1, 0.15) is 0 Å². The Balaban J connectivity index is 3.92. The predicted octanol–water partition coefficient (Wildman–Crippen LogP) is 2.31. The highest BCUT2D eigenvalue weighted by molar-refractivity contribution is 5.69. The highest BCUT2D eigenvalue weighted by Crippen LogP contribution is 2.18. The minimum absolute atomic E-state index is 0.185. The molecule has 2 atom stereocenters. The third-order valence-corrected chi connectivity index (χ3v) is 1.91. The lowest BCUT2D eigenvalue weighted by Crippen LogP contribution is -2.18.